The van der Waals surface area contributed by atoms with Gasteiger partial charge in [-0.25, -0.2) is 4.99 Å². The van der Waals surface area contributed by atoms with E-state index in [2.05, 4.69) is 47.6 Å². The van der Waals surface area contributed by atoms with Crippen molar-refractivity contribution in [2.24, 2.45) is 10.9 Å². The molecule has 0 saturated carbocycles. The van der Waals surface area contributed by atoms with E-state index in [1.807, 2.05) is 0 Å². The Morgan fingerprint density at radius 1 is 1.28 bits per heavy atom. The molecule has 8 heteroatoms. The largest absolute Gasteiger partial charge is 0.493 e. The van der Waals surface area contributed by atoms with Crippen LogP contribution >= 0.6 is 24.0 Å². The van der Waals surface area contributed by atoms with Crippen LogP contribution in [0.3, 0.4) is 0 Å². The first-order valence-electron chi connectivity index (χ1n) is 11.7. The molecular weight excluding hydrogens is 519 g/mol. The molecule has 32 heavy (non-hydrogen) atoms. The number of aryl methyl sites for hydroxylation is 1. The average molecular weight is 561 g/mol. The summed E-state index contributed by atoms with van der Waals surface area (Å²) >= 11 is 0. The fourth-order valence-corrected chi connectivity index (χ4v) is 4.20. The maximum absolute atomic E-state index is 6.18. The number of ether oxygens (including phenoxy) is 3. The van der Waals surface area contributed by atoms with Crippen molar-refractivity contribution in [1.29, 1.82) is 0 Å². The Hall–Kier alpha value is -1.10. The second kappa shape index (κ2) is 14.9. The summed E-state index contributed by atoms with van der Waals surface area (Å²) in [5, 5.41) is 6.93. The van der Waals surface area contributed by atoms with Gasteiger partial charge in [-0.05, 0) is 51.3 Å². The zero-order valence-electron chi connectivity index (χ0n) is 19.9. The minimum Gasteiger partial charge on any atom is -0.493 e. The summed E-state index contributed by atoms with van der Waals surface area (Å²) in [6.07, 6.45) is 3.55. The van der Waals surface area contributed by atoms with Crippen LogP contribution in [0.5, 0.6) is 5.75 Å². The van der Waals surface area contributed by atoms with Crippen molar-refractivity contribution in [2.45, 2.75) is 45.7 Å². The molecule has 2 unspecified atom stereocenters. The Balaban J connectivity index is 0.00000363. The van der Waals surface area contributed by atoms with Gasteiger partial charge < -0.3 is 24.8 Å². The molecule has 2 atom stereocenters. The number of likely N-dealkylation sites (tertiary alicyclic amines) is 1. The fourth-order valence-electron chi connectivity index (χ4n) is 4.20. The van der Waals surface area contributed by atoms with Gasteiger partial charge in [0.05, 0.1) is 26.4 Å². The molecule has 2 heterocycles. The average Bonchev–Trinajstić information content (AvgIpc) is 3.45. The summed E-state index contributed by atoms with van der Waals surface area (Å²) < 4.78 is 16.9. The first-order valence-corrected chi connectivity index (χ1v) is 11.7. The van der Waals surface area contributed by atoms with Crippen LogP contribution in [0.15, 0.2) is 23.2 Å². The number of hydrogen-bond acceptors (Lipinski definition) is 5. The molecule has 2 fully saturated rings. The third-order valence-electron chi connectivity index (χ3n) is 6.06. The van der Waals surface area contributed by atoms with Gasteiger partial charge in [0, 0.05) is 50.9 Å². The van der Waals surface area contributed by atoms with Gasteiger partial charge >= 0.3 is 0 Å². The fraction of sp³-hybridized carbons (Fsp3) is 0.708. The predicted molar refractivity (Wildman–Crippen MR) is 140 cm³/mol. The molecule has 2 aliphatic rings. The van der Waals surface area contributed by atoms with Gasteiger partial charge in [-0.3, -0.25) is 4.90 Å². The van der Waals surface area contributed by atoms with Gasteiger partial charge in [0.1, 0.15) is 5.75 Å². The molecule has 1 aromatic rings. The third kappa shape index (κ3) is 8.68. The molecule has 182 valence electrons. The van der Waals surface area contributed by atoms with Crippen molar-refractivity contribution >= 4 is 29.9 Å². The minimum atomic E-state index is 0. The zero-order valence-corrected chi connectivity index (χ0v) is 22.2. The third-order valence-corrected chi connectivity index (χ3v) is 6.06. The van der Waals surface area contributed by atoms with Gasteiger partial charge in [0.25, 0.3) is 0 Å². The number of hydrogen-bond donors (Lipinski definition) is 2. The van der Waals surface area contributed by atoms with E-state index in [-0.39, 0.29) is 24.0 Å². The van der Waals surface area contributed by atoms with Crippen LogP contribution < -0.4 is 15.4 Å². The molecule has 0 aliphatic carbocycles. The lowest BCUT2D eigenvalue weighted by atomic mass is 10.1. The van der Waals surface area contributed by atoms with Gasteiger partial charge in [0.2, 0.25) is 0 Å². The second-order valence-corrected chi connectivity index (χ2v) is 8.55. The smallest absolute Gasteiger partial charge is 0.191 e. The Morgan fingerprint density at radius 3 is 2.91 bits per heavy atom. The molecule has 0 radical (unpaired) electrons. The van der Waals surface area contributed by atoms with E-state index in [0.717, 1.165) is 69.7 Å². The molecule has 1 aromatic carbocycles. The van der Waals surface area contributed by atoms with Crippen molar-refractivity contribution in [3.63, 3.8) is 0 Å². The highest BCUT2D eigenvalue weighted by Crippen LogP contribution is 2.23. The van der Waals surface area contributed by atoms with E-state index >= 15 is 0 Å². The summed E-state index contributed by atoms with van der Waals surface area (Å²) in [6.45, 7) is 11.8. The van der Waals surface area contributed by atoms with Crippen LogP contribution in [-0.2, 0) is 16.0 Å². The zero-order chi connectivity index (χ0) is 21.9. The lowest BCUT2D eigenvalue weighted by molar-refractivity contribution is 0.141. The van der Waals surface area contributed by atoms with E-state index in [4.69, 9.17) is 19.2 Å². The van der Waals surface area contributed by atoms with Crippen LogP contribution in [0, 0.1) is 12.8 Å². The molecule has 7 nitrogen and oxygen atoms in total. The van der Waals surface area contributed by atoms with E-state index in [9.17, 15) is 0 Å². The van der Waals surface area contributed by atoms with E-state index in [1.165, 1.54) is 18.4 Å². The van der Waals surface area contributed by atoms with Crippen molar-refractivity contribution in [2.75, 3.05) is 59.7 Å². The van der Waals surface area contributed by atoms with Crippen molar-refractivity contribution < 1.29 is 14.2 Å². The topological polar surface area (TPSA) is 67.4 Å². The molecule has 2 N–H and O–H groups in total. The Morgan fingerprint density at radius 2 is 2.16 bits per heavy atom. The minimum absolute atomic E-state index is 0. The maximum atomic E-state index is 6.18. The standard InChI is InChI=1S/C24H40N4O3.HI/c1-4-25-24(27-16-22-6-5-10-28(22)11-13-29-3)26-15-21-8-7-19(2)14-23(21)31-18-20-9-12-30-17-20;/h7-8,14,20,22H,4-6,9-13,15-18H2,1-3H3,(H2,25,26,27);1H. The summed E-state index contributed by atoms with van der Waals surface area (Å²) in [7, 11) is 1.77. The molecule has 0 bridgehead atoms. The number of guanidine groups is 1. The van der Waals surface area contributed by atoms with Crippen LogP contribution in [0.25, 0.3) is 0 Å². The van der Waals surface area contributed by atoms with Crippen molar-refractivity contribution in [1.82, 2.24) is 15.5 Å². The molecular formula is C24H41IN4O3. The monoisotopic (exact) mass is 560 g/mol. The Kier molecular flexibility index (Phi) is 12.7. The van der Waals surface area contributed by atoms with Gasteiger partial charge in [-0.15, -0.1) is 24.0 Å². The van der Waals surface area contributed by atoms with Gasteiger partial charge in [0.15, 0.2) is 5.96 Å². The number of nitrogens with one attached hydrogen (secondary N) is 2. The number of halogens is 1. The summed E-state index contributed by atoms with van der Waals surface area (Å²) in [5.74, 6) is 2.29. The SMILES string of the molecule is CCNC(=NCc1ccc(C)cc1OCC1CCOC1)NCC1CCCN1CCOC.I. The molecule has 0 spiro atoms. The maximum Gasteiger partial charge on any atom is 0.191 e. The van der Waals surface area contributed by atoms with Gasteiger partial charge in [-0.2, -0.15) is 0 Å². The normalized spacial score (nSPS) is 21.4. The first-order chi connectivity index (χ1) is 15.2. The van der Waals surface area contributed by atoms with Crippen LogP contribution in [0.2, 0.25) is 0 Å². The number of aliphatic imine (C=N–C) groups is 1. The first kappa shape index (κ1) is 27.1. The lowest BCUT2D eigenvalue weighted by Crippen LogP contribution is -2.45. The summed E-state index contributed by atoms with van der Waals surface area (Å²) in [6, 6.07) is 6.91. The van der Waals surface area contributed by atoms with Crippen LogP contribution in [-0.4, -0.2) is 76.6 Å². The highest BCUT2D eigenvalue weighted by molar-refractivity contribution is 14.0. The highest BCUT2D eigenvalue weighted by atomic mass is 127. The predicted octanol–water partition coefficient (Wildman–Crippen LogP) is 3.19. The number of nitrogens with zero attached hydrogens (tertiary/aromatic N) is 2. The van der Waals surface area contributed by atoms with E-state index < -0.39 is 0 Å². The van der Waals surface area contributed by atoms with Gasteiger partial charge in [-0.1, -0.05) is 12.1 Å². The van der Waals surface area contributed by atoms with E-state index in [1.54, 1.807) is 7.11 Å². The highest BCUT2D eigenvalue weighted by Gasteiger charge is 2.24. The molecule has 3 rings (SSSR count). The molecule has 2 saturated heterocycles. The second-order valence-electron chi connectivity index (χ2n) is 8.55. The Bertz CT molecular complexity index is 698. The Labute approximate surface area is 210 Å². The van der Waals surface area contributed by atoms with Crippen molar-refractivity contribution in [3.05, 3.63) is 29.3 Å². The molecule has 0 aromatic heterocycles. The molecule has 0 amide bonds. The van der Waals surface area contributed by atoms with Crippen molar-refractivity contribution in [3.8, 4) is 5.75 Å². The number of rotatable bonds is 11. The number of benzene rings is 1. The van der Waals surface area contributed by atoms with Crippen LogP contribution in [0.4, 0.5) is 0 Å². The van der Waals surface area contributed by atoms with E-state index in [0.29, 0.717) is 25.1 Å². The quantitative estimate of drug-likeness (QED) is 0.246. The summed E-state index contributed by atoms with van der Waals surface area (Å²) in [5.41, 5.74) is 2.32. The number of methoxy groups -OCH3 is 1. The van der Waals surface area contributed by atoms with Crippen LogP contribution in [0.1, 0.15) is 37.3 Å². The summed E-state index contributed by atoms with van der Waals surface area (Å²) in [4.78, 5) is 7.36. The molecule has 2 aliphatic heterocycles. The lowest BCUT2D eigenvalue weighted by Gasteiger charge is -2.25.